The van der Waals surface area contributed by atoms with E-state index in [4.69, 9.17) is 9.15 Å². The van der Waals surface area contributed by atoms with Crippen molar-refractivity contribution in [1.82, 2.24) is 4.90 Å². The summed E-state index contributed by atoms with van der Waals surface area (Å²) in [5, 5.41) is 6.55. The van der Waals surface area contributed by atoms with Gasteiger partial charge in [-0.2, -0.15) is 0 Å². The van der Waals surface area contributed by atoms with Crippen LogP contribution in [0.15, 0.2) is 51.8 Å². The van der Waals surface area contributed by atoms with Crippen molar-refractivity contribution in [2.45, 2.75) is 13.1 Å². The van der Waals surface area contributed by atoms with Crippen molar-refractivity contribution in [1.29, 1.82) is 0 Å². The maximum absolute atomic E-state index is 12.5. The molecule has 0 spiro atoms. The fourth-order valence-corrected chi connectivity index (χ4v) is 3.98. The fourth-order valence-electron chi connectivity index (χ4n) is 2.46. The molecule has 1 amide bonds. The molecule has 1 N–H and O–H groups in total. The molecule has 0 radical (unpaired) electrons. The van der Waals surface area contributed by atoms with E-state index in [1.807, 2.05) is 34.5 Å². The van der Waals surface area contributed by atoms with Crippen molar-refractivity contribution in [2.24, 2.45) is 0 Å². The summed E-state index contributed by atoms with van der Waals surface area (Å²) < 4.78 is 10.1. The van der Waals surface area contributed by atoms with Crippen LogP contribution in [-0.4, -0.2) is 30.4 Å². The van der Waals surface area contributed by atoms with Crippen LogP contribution in [0.1, 0.15) is 20.3 Å². The maximum Gasteiger partial charge on any atom is 0.350 e. The Bertz CT molecular complexity index is 804. The van der Waals surface area contributed by atoms with E-state index in [0.29, 0.717) is 23.7 Å². The number of methoxy groups -OCH3 is 1. The summed E-state index contributed by atoms with van der Waals surface area (Å²) in [6, 6.07) is 9.43. The van der Waals surface area contributed by atoms with Gasteiger partial charge in [0.05, 0.1) is 32.1 Å². The van der Waals surface area contributed by atoms with Gasteiger partial charge in [0.1, 0.15) is 10.6 Å². The third-order valence-electron chi connectivity index (χ3n) is 3.60. The van der Waals surface area contributed by atoms with Gasteiger partial charge in [0, 0.05) is 11.4 Å². The number of anilines is 1. The van der Waals surface area contributed by atoms with Crippen molar-refractivity contribution in [3.05, 3.63) is 62.9 Å². The molecule has 0 saturated carbocycles. The maximum atomic E-state index is 12.5. The van der Waals surface area contributed by atoms with Crippen LogP contribution in [0, 0.1) is 0 Å². The predicted octanol–water partition coefficient (Wildman–Crippen LogP) is 3.83. The number of hydrogen-bond acceptors (Lipinski definition) is 7. The van der Waals surface area contributed by atoms with Crippen LogP contribution in [-0.2, 0) is 22.6 Å². The van der Waals surface area contributed by atoms with Gasteiger partial charge in [0.25, 0.3) is 0 Å². The molecule has 3 aromatic heterocycles. The summed E-state index contributed by atoms with van der Waals surface area (Å²) >= 11 is 2.88. The van der Waals surface area contributed by atoms with Crippen molar-refractivity contribution in [2.75, 3.05) is 19.0 Å². The summed E-state index contributed by atoms with van der Waals surface area (Å²) in [4.78, 5) is 27.8. The van der Waals surface area contributed by atoms with Gasteiger partial charge in [-0.25, -0.2) is 4.79 Å². The number of ether oxygens (including phenoxy) is 1. The number of amides is 1. The first-order chi connectivity index (χ1) is 12.7. The average molecular weight is 390 g/mol. The van der Waals surface area contributed by atoms with Gasteiger partial charge in [-0.05, 0) is 35.0 Å². The molecule has 0 aromatic carbocycles. The zero-order chi connectivity index (χ0) is 18.4. The SMILES string of the molecule is COC(=O)c1sccc1NC(=O)CN(Cc1ccco1)Cc1cccs1. The second-order valence-electron chi connectivity index (χ2n) is 5.51. The minimum absolute atomic E-state index is 0.176. The summed E-state index contributed by atoms with van der Waals surface area (Å²) in [7, 11) is 1.32. The second kappa shape index (κ2) is 8.79. The minimum atomic E-state index is -0.457. The quantitative estimate of drug-likeness (QED) is 0.592. The number of carbonyl (C=O) groups excluding carboxylic acids is 2. The highest BCUT2D eigenvalue weighted by Gasteiger charge is 2.18. The summed E-state index contributed by atoms with van der Waals surface area (Å²) in [6.45, 7) is 1.33. The number of thiophene rings is 2. The number of furan rings is 1. The lowest BCUT2D eigenvalue weighted by Crippen LogP contribution is -2.32. The lowest BCUT2D eigenvalue weighted by molar-refractivity contribution is -0.117. The average Bonchev–Trinajstić information content (AvgIpc) is 3.36. The molecule has 0 aliphatic rings. The Hall–Kier alpha value is -2.42. The van der Waals surface area contributed by atoms with Crippen molar-refractivity contribution >= 4 is 40.2 Å². The molecule has 8 heteroatoms. The third-order valence-corrected chi connectivity index (χ3v) is 5.35. The fraction of sp³-hybridized carbons (Fsp3) is 0.222. The Morgan fingerprint density at radius 3 is 2.73 bits per heavy atom. The van der Waals surface area contributed by atoms with Gasteiger partial charge < -0.3 is 14.5 Å². The number of carbonyl (C=O) groups is 2. The lowest BCUT2D eigenvalue weighted by atomic mass is 10.3. The van der Waals surface area contributed by atoms with Gasteiger partial charge in [0.15, 0.2) is 0 Å². The highest BCUT2D eigenvalue weighted by molar-refractivity contribution is 7.12. The van der Waals surface area contributed by atoms with Gasteiger partial charge in [-0.1, -0.05) is 6.07 Å². The van der Waals surface area contributed by atoms with Crippen molar-refractivity contribution in [3.63, 3.8) is 0 Å². The first kappa shape index (κ1) is 18.4. The molecule has 0 fully saturated rings. The van der Waals surface area contributed by atoms with Crippen LogP contribution in [0.5, 0.6) is 0 Å². The standard InChI is InChI=1S/C18H18N2O4S2/c1-23-18(22)17-15(6-9-26-17)19-16(21)12-20(10-13-4-2-7-24-13)11-14-5-3-8-25-14/h2-9H,10-12H2,1H3,(H,19,21). The first-order valence-corrected chi connectivity index (χ1v) is 9.64. The molecule has 3 rings (SSSR count). The molecular formula is C18H18N2O4S2. The van der Waals surface area contributed by atoms with Crippen LogP contribution in [0.4, 0.5) is 5.69 Å². The molecule has 0 aliphatic heterocycles. The molecule has 0 unspecified atom stereocenters. The third kappa shape index (κ3) is 4.81. The second-order valence-corrected chi connectivity index (χ2v) is 7.46. The highest BCUT2D eigenvalue weighted by atomic mass is 32.1. The number of esters is 1. The Balaban J connectivity index is 1.66. The van der Waals surface area contributed by atoms with Crippen LogP contribution in [0.2, 0.25) is 0 Å². The van der Waals surface area contributed by atoms with E-state index in [-0.39, 0.29) is 12.5 Å². The molecular weight excluding hydrogens is 372 g/mol. The number of nitrogens with one attached hydrogen (secondary N) is 1. The molecule has 6 nitrogen and oxygen atoms in total. The smallest absolute Gasteiger partial charge is 0.350 e. The summed E-state index contributed by atoms with van der Waals surface area (Å²) in [5.74, 6) is 0.137. The highest BCUT2D eigenvalue weighted by Crippen LogP contribution is 2.23. The molecule has 0 bridgehead atoms. The number of hydrogen-bond donors (Lipinski definition) is 1. The first-order valence-electron chi connectivity index (χ1n) is 7.88. The summed E-state index contributed by atoms with van der Waals surface area (Å²) in [6.07, 6.45) is 1.62. The van der Waals surface area contributed by atoms with Crippen LogP contribution < -0.4 is 5.32 Å². The topological polar surface area (TPSA) is 71.8 Å². The minimum Gasteiger partial charge on any atom is -0.468 e. The van der Waals surface area contributed by atoms with E-state index >= 15 is 0 Å². The van der Waals surface area contributed by atoms with Gasteiger partial charge in [0.2, 0.25) is 5.91 Å². The molecule has 0 saturated heterocycles. The van der Waals surface area contributed by atoms with E-state index in [1.165, 1.54) is 18.4 Å². The van der Waals surface area contributed by atoms with E-state index in [0.717, 1.165) is 10.6 Å². The molecule has 3 heterocycles. The van der Waals surface area contributed by atoms with Crippen LogP contribution in [0.3, 0.4) is 0 Å². The largest absolute Gasteiger partial charge is 0.468 e. The predicted molar refractivity (Wildman–Crippen MR) is 101 cm³/mol. The van der Waals surface area contributed by atoms with Crippen molar-refractivity contribution in [3.8, 4) is 0 Å². The Kier molecular flexibility index (Phi) is 6.21. The van der Waals surface area contributed by atoms with Crippen LogP contribution >= 0.6 is 22.7 Å². The van der Waals surface area contributed by atoms with Gasteiger partial charge in [-0.15, -0.1) is 22.7 Å². The molecule has 26 heavy (non-hydrogen) atoms. The monoisotopic (exact) mass is 390 g/mol. The zero-order valence-corrected chi connectivity index (χ0v) is 15.8. The Morgan fingerprint density at radius 2 is 2.04 bits per heavy atom. The van der Waals surface area contributed by atoms with E-state index in [9.17, 15) is 9.59 Å². The lowest BCUT2D eigenvalue weighted by Gasteiger charge is -2.20. The molecule has 3 aromatic rings. The normalized spacial score (nSPS) is 10.8. The Labute approximate surface area is 159 Å². The van der Waals surface area contributed by atoms with Gasteiger partial charge >= 0.3 is 5.97 Å². The van der Waals surface area contributed by atoms with E-state index in [2.05, 4.69) is 5.32 Å². The molecule has 136 valence electrons. The number of rotatable bonds is 8. The van der Waals surface area contributed by atoms with Crippen LogP contribution in [0.25, 0.3) is 0 Å². The van der Waals surface area contributed by atoms with E-state index < -0.39 is 5.97 Å². The van der Waals surface area contributed by atoms with E-state index in [1.54, 1.807) is 29.0 Å². The summed E-state index contributed by atoms with van der Waals surface area (Å²) in [5.41, 5.74) is 0.473. The number of nitrogens with zero attached hydrogens (tertiary/aromatic N) is 1. The van der Waals surface area contributed by atoms with Gasteiger partial charge in [-0.3, -0.25) is 9.69 Å². The Morgan fingerprint density at radius 1 is 1.15 bits per heavy atom. The molecule has 0 aliphatic carbocycles. The molecule has 0 atom stereocenters. The zero-order valence-electron chi connectivity index (χ0n) is 14.1. The van der Waals surface area contributed by atoms with Crippen molar-refractivity contribution < 1.29 is 18.7 Å².